The molecule has 3 aromatic carbocycles. The number of imidazole rings is 2. The van der Waals surface area contributed by atoms with Gasteiger partial charge < -0.3 is 19.8 Å². The summed E-state index contributed by atoms with van der Waals surface area (Å²) in [4.78, 5) is 33.0. The molecular formula is C32H27N5O3. The van der Waals surface area contributed by atoms with Crippen molar-refractivity contribution in [1.82, 2.24) is 18.9 Å². The Morgan fingerprint density at radius 1 is 0.900 bits per heavy atom. The van der Waals surface area contributed by atoms with Crippen LogP contribution in [-0.4, -0.2) is 35.9 Å². The van der Waals surface area contributed by atoms with E-state index in [4.69, 9.17) is 15.7 Å². The van der Waals surface area contributed by atoms with Crippen molar-refractivity contribution in [2.75, 3.05) is 0 Å². The summed E-state index contributed by atoms with van der Waals surface area (Å²) < 4.78 is 4.05. The van der Waals surface area contributed by atoms with E-state index in [9.17, 15) is 14.7 Å². The third-order valence-electron chi connectivity index (χ3n) is 7.10. The van der Waals surface area contributed by atoms with Crippen LogP contribution in [0.2, 0.25) is 0 Å². The number of aromatic carboxylic acids is 1. The highest BCUT2D eigenvalue weighted by Crippen LogP contribution is 2.28. The topological polar surface area (TPSA) is 116 Å². The van der Waals surface area contributed by atoms with Gasteiger partial charge in [0.2, 0.25) is 5.91 Å². The fourth-order valence-corrected chi connectivity index (χ4v) is 5.09. The minimum atomic E-state index is -0.941. The van der Waals surface area contributed by atoms with E-state index in [1.54, 1.807) is 30.5 Å². The number of aromatic nitrogens is 4. The SMILES string of the molecule is CCCc1nc2ccc(-c3cn4cc(C(N)=O)ccc4n3)cc2n1Cc1ccc(-c2ccccc2C(=O)O)cc1. The van der Waals surface area contributed by atoms with Gasteiger partial charge in [-0.3, -0.25) is 4.79 Å². The quantitative estimate of drug-likeness (QED) is 0.258. The Balaban J connectivity index is 1.37. The molecule has 0 aliphatic carbocycles. The molecule has 6 rings (SSSR count). The maximum absolute atomic E-state index is 11.7. The minimum Gasteiger partial charge on any atom is -0.478 e. The van der Waals surface area contributed by atoms with E-state index >= 15 is 0 Å². The molecule has 3 N–H and O–H groups in total. The van der Waals surface area contributed by atoms with Crippen LogP contribution >= 0.6 is 0 Å². The van der Waals surface area contributed by atoms with Crippen molar-refractivity contribution < 1.29 is 14.7 Å². The molecule has 40 heavy (non-hydrogen) atoms. The van der Waals surface area contributed by atoms with Gasteiger partial charge in [-0.25, -0.2) is 14.8 Å². The fraction of sp³-hybridized carbons (Fsp3) is 0.125. The third-order valence-corrected chi connectivity index (χ3v) is 7.10. The average molecular weight is 530 g/mol. The molecule has 3 aromatic heterocycles. The smallest absolute Gasteiger partial charge is 0.336 e. The van der Waals surface area contributed by atoms with Gasteiger partial charge >= 0.3 is 5.97 Å². The van der Waals surface area contributed by atoms with Crippen LogP contribution in [0.5, 0.6) is 0 Å². The summed E-state index contributed by atoms with van der Waals surface area (Å²) in [5.41, 5.74) is 13.2. The predicted octanol–water partition coefficient (Wildman–Crippen LogP) is 5.82. The highest BCUT2D eigenvalue weighted by Gasteiger charge is 2.15. The monoisotopic (exact) mass is 529 g/mol. The molecule has 0 aliphatic rings. The Morgan fingerprint density at radius 2 is 1.68 bits per heavy atom. The van der Waals surface area contributed by atoms with Crippen LogP contribution < -0.4 is 5.73 Å². The zero-order chi connectivity index (χ0) is 27.8. The lowest BCUT2D eigenvalue weighted by atomic mass is 9.99. The van der Waals surface area contributed by atoms with E-state index in [1.165, 1.54) is 0 Å². The van der Waals surface area contributed by atoms with Gasteiger partial charge in [-0.2, -0.15) is 0 Å². The lowest BCUT2D eigenvalue weighted by Crippen LogP contribution is -2.11. The largest absolute Gasteiger partial charge is 0.478 e. The standard InChI is InChI=1S/C32H27N5O3/c1-2-5-30-34-26-14-12-22(27-19-36-18-23(31(33)38)13-15-29(36)35-27)16-28(26)37(30)17-20-8-10-21(11-9-20)24-6-3-4-7-25(24)32(39)40/h3-4,6-16,18-19H,2,5,17H2,1H3,(H2,33,38)(H,39,40). The Morgan fingerprint density at radius 3 is 2.42 bits per heavy atom. The zero-order valence-corrected chi connectivity index (χ0v) is 21.9. The van der Waals surface area contributed by atoms with E-state index in [1.807, 2.05) is 59.1 Å². The summed E-state index contributed by atoms with van der Waals surface area (Å²) in [5.74, 6) is -0.412. The van der Waals surface area contributed by atoms with Crippen LogP contribution in [0.3, 0.4) is 0 Å². The van der Waals surface area contributed by atoms with Gasteiger partial charge in [-0.15, -0.1) is 0 Å². The number of carbonyl (C=O) groups excluding carboxylic acids is 1. The number of benzene rings is 3. The maximum Gasteiger partial charge on any atom is 0.336 e. The zero-order valence-electron chi connectivity index (χ0n) is 21.9. The van der Waals surface area contributed by atoms with Crippen LogP contribution in [-0.2, 0) is 13.0 Å². The van der Waals surface area contributed by atoms with Gasteiger partial charge in [0.15, 0.2) is 0 Å². The number of aryl methyl sites for hydroxylation is 1. The molecule has 0 aliphatic heterocycles. The molecular weight excluding hydrogens is 502 g/mol. The number of carboxylic acid groups (broad SMARTS) is 1. The lowest BCUT2D eigenvalue weighted by molar-refractivity contribution is 0.0697. The van der Waals surface area contributed by atoms with E-state index < -0.39 is 11.9 Å². The Labute approximate surface area is 230 Å². The molecule has 0 atom stereocenters. The van der Waals surface area contributed by atoms with Crippen molar-refractivity contribution in [2.45, 2.75) is 26.3 Å². The third kappa shape index (κ3) is 4.60. The summed E-state index contributed by atoms with van der Waals surface area (Å²) >= 11 is 0. The van der Waals surface area contributed by atoms with Gasteiger partial charge in [-0.1, -0.05) is 55.5 Å². The van der Waals surface area contributed by atoms with E-state index in [-0.39, 0.29) is 5.56 Å². The number of primary amides is 1. The van der Waals surface area contributed by atoms with E-state index in [0.29, 0.717) is 17.7 Å². The highest BCUT2D eigenvalue weighted by atomic mass is 16.4. The number of carboxylic acids is 1. The molecule has 6 aromatic rings. The fourth-order valence-electron chi connectivity index (χ4n) is 5.09. The Hall–Kier alpha value is -5.24. The minimum absolute atomic E-state index is 0.284. The van der Waals surface area contributed by atoms with Crippen LogP contribution in [0.1, 0.15) is 45.4 Å². The molecule has 0 radical (unpaired) electrons. The van der Waals surface area contributed by atoms with Crippen molar-refractivity contribution in [3.05, 3.63) is 114 Å². The molecule has 8 nitrogen and oxygen atoms in total. The van der Waals surface area contributed by atoms with Crippen molar-refractivity contribution in [1.29, 1.82) is 0 Å². The maximum atomic E-state index is 11.7. The number of fused-ring (bicyclic) bond motifs is 2. The molecule has 0 bridgehead atoms. The Bertz CT molecular complexity index is 1900. The summed E-state index contributed by atoms with van der Waals surface area (Å²) in [5, 5.41) is 9.58. The first-order valence-electron chi connectivity index (χ1n) is 13.1. The van der Waals surface area contributed by atoms with Gasteiger partial charge in [0.05, 0.1) is 27.9 Å². The number of rotatable bonds is 8. The lowest BCUT2D eigenvalue weighted by Gasteiger charge is -2.11. The predicted molar refractivity (Wildman–Crippen MR) is 154 cm³/mol. The summed E-state index contributed by atoms with van der Waals surface area (Å²) in [6.45, 7) is 2.77. The number of amides is 1. The molecule has 198 valence electrons. The molecule has 1 amide bonds. The number of carbonyl (C=O) groups is 2. The second-order valence-corrected chi connectivity index (χ2v) is 9.79. The Kier molecular flexibility index (Phi) is 6.36. The first kappa shape index (κ1) is 25.1. The first-order chi connectivity index (χ1) is 19.4. The van der Waals surface area contributed by atoms with Gasteiger partial charge in [0.1, 0.15) is 11.5 Å². The van der Waals surface area contributed by atoms with Crippen LogP contribution in [0.15, 0.2) is 91.3 Å². The van der Waals surface area contributed by atoms with Crippen molar-refractivity contribution in [3.63, 3.8) is 0 Å². The molecule has 0 fully saturated rings. The van der Waals surface area contributed by atoms with Crippen molar-refractivity contribution in [3.8, 4) is 22.4 Å². The molecule has 0 unspecified atom stereocenters. The van der Waals surface area contributed by atoms with Crippen molar-refractivity contribution in [2.24, 2.45) is 5.73 Å². The molecule has 0 saturated carbocycles. The summed E-state index contributed by atoms with van der Waals surface area (Å²) in [7, 11) is 0. The molecule has 0 spiro atoms. The molecule has 3 heterocycles. The first-order valence-corrected chi connectivity index (χ1v) is 13.1. The number of hydrogen-bond acceptors (Lipinski definition) is 4. The highest BCUT2D eigenvalue weighted by molar-refractivity contribution is 5.96. The summed E-state index contributed by atoms with van der Waals surface area (Å²) in [6.07, 6.45) is 5.40. The number of hydrogen-bond donors (Lipinski definition) is 2. The second kappa shape index (κ2) is 10.1. The van der Waals surface area contributed by atoms with Crippen LogP contribution in [0.25, 0.3) is 39.1 Å². The normalized spacial score (nSPS) is 11.3. The molecule has 8 heteroatoms. The number of nitrogens with two attached hydrogens (primary N) is 1. The van der Waals surface area contributed by atoms with Gasteiger partial charge in [-0.05, 0) is 53.4 Å². The van der Waals surface area contributed by atoms with E-state index in [0.717, 1.165) is 57.7 Å². The van der Waals surface area contributed by atoms with Gasteiger partial charge in [0, 0.05) is 30.9 Å². The number of pyridine rings is 1. The van der Waals surface area contributed by atoms with Crippen LogP contribution in [0, 0.1) is 0 Å². The summed E-state index contributed by atoms with van der Waals surface area (Å²) in [6, 6.07) is 24.7. The van der Waals surface area contributed by atoms with Crippen LogP contribution in [0.4, 0.5) is 0 Å². The van der Waals surface area contributed by atoms with Gasteiger partial charge in [0.25, 0.3) is 0 Å². The average Bonchev–Trinajstić information content (AvgIpc) is 3.54. The number of nitrogens with zero attached hydrogens (tertiary/aromatic N) is 4. The molecule has 0 saturated heterocycles. The second-order valence-electron chi connectivity index (χ2n) is 9.79. The van der Waals surface area contributed by atoms with E-state index in [2.05, 4.69) is 17.6 Å². The van der Waals surface area contributed by atoms with Crippen molar-refractivity contribution >= 4 is 28.6 Å².